The Morgan fingerprint density at radius 1 is 1.33 bits per heavy atom. The highest BCUT2D eigenvalue weighted by Gasteiger charge is 2.17. The summed E-state index contributed by atoms with van der Waals surface area (Å²) in [5, 5.41) is 15.0. The summed E-state index contributed by atoms with van der Waals surface area (Å²) in [6, 6.07) is 2.94. The third kappa shape index (κ3) is 1.75. The number of ether oxygens (including phenoxy) is 2. The molecule has 1 heterocycles. The van der Waals surface area contributed by atoms with Crippen LogP contribution in [0.2, 0.25) is 0 Å². The summed E-state index contributed by atoms with van der Waals surface area (Å²) < 4.78 is 10.1. The van der Waals surface area contributed by atoms with Crippen LogP contribution in [-0.4, -0.2) is 35.5 Å². The minimum absolute atomic E-state index is 0.130. The minimum atomic E-state index is -1.24. The maximum absolute atomic E-state index is 11.7. The standard InChI is InChI=1S/C11H10N2O5/c1-17-5-3-6-8(7(4-5)18-2)10(14)13-12-9(6)11(15)16/h3-4H,1-2H3,(H,13,14)(H,15,16). The Morgan fingerprint density at radius 3 is 2.61 bits per heavy atom. The second-order valence-corrected chi connectivity index (χ2v) is 3.46. The number of nitrogens with zero attached hydrogens (tertiary/aromatic N) is 1. The molecule has 0 aliphatic heterocycles. The number of hydrogen-bond acceptors (Lipinski definition) is 5. The molecule has 0 spiro atoms. The van der Waals surface area contributed by atoms with Gasteiger partial charge in [0.2, 0.25) is 0 Å². The molecule has 0 bridgehead atoms. The molecule has 1 aromatic carbocycles. The molecule has 0 aliphatic carbocycles. The van der Waals surface area contributed by atoms with E-state index in [1.165, 1.54) is 26.4 Å². The van der Waals surface area contributed by atoms with Crippen LogP contribution in [0.15, 0.2) is 16.9 Å². The first-order chi connectivity index (χ1) is 8.58. The number of H-pyrrole nitrogens is 1. The van der Waals surface area contributed by atoms with Crippen LogP contribution in [0.3, 0.4) is 0 Å². The zero-order valence-electron chi connectivity index (χ0n) is 9.68. The van der Waals surface area contributed by atoms with Gasteiger partial charge in [-0.1, -0.05) is 0 Å². The number of carboxylic acid groups (broad SMARTS) is 1. The molecule has 7 heteroatoms. The Balaban J connectivity index is 2.97. The summed E-state index contributed by atoms with van der Waals surface area (Å²) in [6.07, 6.45) is 0. The Kier molecular flexibility index (Phi) is 2.88. The largest absolute Gasteiger partial charge is 0.497 e. The second kappa shape index (κ2) is 4.36. The Labute approximate surface area is 101 Å². The predicted molar refractivity (Wildman–Crippen MR) is 62.4 cm³/mol. The summed E-state index contributed by atoms with van der Waals surface area (Å²) in [5.74, 6) is -0.628. The fraction of sp³-hybridized carbons (Fsp3) is 0.182. The third-order valence-corrected chi connectivity index (χ3v) is 2.49. The van der Waals surface area contributed by atoms with Gasteiger partial charge >= 0.3 is 5.97 Å². The normalized spacial score (nSPS) is 10.3. The van der Waals surface area contributed by atoms with Gasteiger partial charge in [0.1, 0.15) is 11.5 Å². The lowest BCUT2D eigenvalue weighted by molar-refractivity contribution is 0.0691. The highest BCUT2D eigenvalue weighted by Crippen LogP contribution is 2.29. The van der Waals surface area contributed by atoms with E-state index in [9.17, 15) is 9.59 Å². The zero-order chi connectivity index (χ0) is 13.3. The van der Waals surface area contributed by atoms with Gasteiger partial charge in [-0.2, -0.15) is 5.10 Å². The molecule has 0 saturated carbocycles. The first-order valence-electron chi connectivity index (χ1n) is 4.96. The molecule has 0 saturated heterocycles. The van der Waals surface area contributed by atoms with Crippen molar-refractivity contribution >= 4 is 16.7 Å². The first kappa shape index (κ1) is 11.9. The molecule has 0 unspecified atom stereocenters. The number of carbonyl (C=O) groups is 1. The number of nitrogens with one attached hydrogen (secondary N) is 1. The lowest BCUT2D eigenvalue weighted by Gasteiger charge is -2.08. The van der Waals surface area contributed by atoms with Crippen molar-refractivity contribution in [2.24, 2.45) is 0 Å². The van der Waals surface area contributed by atoms with Gasteiger partial charge in [-0.15, -0.1) is 0 Å². The number of aromatic amines is 1. The third-order valence-electron chi connectivity index (χ3n) is 2.49. The number of methoxy groups -OCH3 is 2. The molecule has 0 radical (unpaired) electrons. The van der Waals surface area contributed by atoms with Crippen molar-refractivity contribution in [2.45, 2.75) is 0 Å². The molecular weight excluding hydrogens is 240 g/mol. The fourth-order valence-corrected chi connectivity index (χ4v) is 1.68. The number of carboxylic acids is 1. The van der Waals surface area contributed by atoms with E-state index in [2.05, 4.69) is 10.2 Å². The van der Waals surface area contributed by atoms with Gasteiger partial charge in [0.25, 0.3) is 5.56 Å². The van der Waals surface area contributed by atoms with Gasteiger partial charge in [0.05, 0.1) is 19.6 Å². The van der Waals surface area contributed by atoms with E-state index in [0.717, 1.165) is 0 Å². The van der Waals surface area contributed by atoms with Gasteiger partial charge in [-0.25, -0.2) is 9.89 Å². The van der Waals surface area contributed by atoms with Crippen LogP contribution in [0, 0.1) is 0 Å². The first-order valence-corrected chi connectivity index (χ1v) is 4.96. The Bertz CT molecular complexity index is 677. The molecule has 2 rings (SSSR count). The molecular formula is C11H10N2O5. The average molecular weight is 250 g/mol. The highest BCUT2D eigenvalue weighted by molar-refractivity contribution is 6.03. The Hall–Kier alpha value is -2.57. The highest BCUT2D eigenvalue weighted by atomic mass is 16.5. The van der Waals surface area contributed by atoms with Gasteiger partial charge in [-0.3, -0.25) is 4.79 Å². The van der Waals surface area contributed by atoms with Crippen LogP contribution in [0.4, 0.5) is 0 Å². The van der Waals surface area contributed by atoms with Crippen LogP contribution in [0.25, 0.3) is 10.8 Å². The summed E-state index contributed by atoms with van der Waals surface area (Å²) >= 11 is 0. The van der Waals surface area contributed by atoms with Gasteiger partial charge in [-0.05, 0) is 6.07 Å². The van der Waals surface area contributed by atoms with Crippen molar-refractivity contribution in [3.8, 4) is 11.5 Å². The molecule has 2 aromatic rings. The van der Waals surface area contributed by atoms with Crippen LogP contribution in [-0.2, 0) is 0 Å². The maximum Gasteiger partial charge on any atom is 0.356 e. The fourth-order valence-electron chi connectivity index (χ4n) is 1.68. The van der Waals surface area contributed by atoms with E-state index in [4.69, 9.17) is 14.6 Å². The van der Waals surface area contributed by atoms with Crippen LogP contribution in [0.5, 0.6) is 11.5 Å². The molecule has 7 nitrogen and oxygen atoms in total. The van der Waals surface area contributed by atoms with E-state index in [1.807, 2.05) is 0 Å². The molecule has 2 N–H and O–H groups in total. The van der Waals surface area contributed by atoms with E-state index in [1.54, 1.807) is 0 Å². The minimum Gasteiger partial charge on any atom is -0.497 e. The maximum atomic E-state index is 11.7. The number of aromatic carboxylic acids is 1. The SMILES string of the molecule is COc1cc(OC)c2c(=O)[nH]nc(C(=O)O)c2c1. The smallest absolute Gasteiger partial charge is 0.356 e. The average Bonchev–Trinajstić information content (AvgIpc) is 2.37. The molecule has 18 heavy (non-hydrogen) atoms. The lowest BCUT2D eigenvalue weighted by atomic mass is 10.1. The lowest BCUT2D eigenvalue weighted by Crippen LogP contribution is -2.15. The second-order valence-electron chi connectivity index (χ2n) is 3.46. The summed E-state index contributed by atoms with van der Waals surface area (Å²) in [6.45, 7) is 0. The number of benzene rings is 1. The topological polar surface area (TPSA) is 102 Å². The van der Waals surface area contributed by atoms with Gasteiger partial charge in [0.15, 0.2) is 5.69 Å². The van der Waals surface area contributed by atoms with E-state index in [0.29, 0.717) is 5.75 Å². The van der Waals surface area contributed by atoms with Crippen molar-refractivity contribution in [1.29, 1.82) is 0 Å². The van der Waals surface area contributed by atoms with E-state index in [-0.39, 0.29) is 22.2 Å². The molecule has 94 valence electrons. The van der Waals surface area contributed by atoms with E-state index >= 15 is 0 Å². The van der Waals surface area contributed by atoms with Crippen LogP contribution in [0.1, 0.15) is 10.5 Å². The number of rotatable bonds is 3. The zero-order valence-corrected chi connectivity index (χ0v) is 9.68. The molecule has 0 amide bonds. The summed E-state index contributed by atoms with van der Waals surface area (Å²) in [7, 11) is 2.82. The summed E-state index contributed by atoms with van der Waals surface area (Å²) in [4.78, 5) is 22.8. The number of hydrogen-bond donors (Lipinski definition) is 2. The molecule has 0 fully saturated rings. The van der Waals surface area contributed by atoms with Crippen molar-refractivity contribution < 1.29 is 19.4 Å². The van der Waals surface area contributed by atoms with Crippen molar-refractivity contribution in [2.75, 3.05) is 14.2 Å². The van der Waals surface area contributed by atoms with Crippen molar-refractivity contribution in [3.05, 3.63) is 28.2 Å². The van der Waals surface area contributed by atoms with Gasteiger partial charge in [0, 0.05) is 11.5 Å². The summed E-state index contributed by atoms with van der Waals surface area (Å²) in [5.41, 5.74) is -0.781. The molecule has 0 atom stereocenters. The van der Waals surface area contributed by atoms with Crippen molar-refractivity contribution in [1.82, 2.24) is 10.2 Å². The number of fused-ring (bicyclic) bond motifs is 1. The molecule has 0 aliphatic rings. The van der Waals surface area contributed by atoms with Crippen molar-refractivity contribution in [3.63, 3.8) is 0 Å². The Morgan fingerprint density at radius 2 is 2.06 bits per heavy atom. The number of aromatic nitrogens is 2. The monoisotopic (exact) mass is 250 g/mol. The van der Waals surface area contributed by atoms with Crippen LogP contribution < -0.4 is 15.0 Å². The molecule has 1 aromatic heterocycles. The van der Waals surface area contributed by atoms with Crippen LogP contribution >= 0.6 is 0 Å². The van der Waals surface area contributed by atoms with Gasteiger partial charge < -0.3 is 14.6 Å². The van der Waals surface area contributed by atoms with E-state index < -0.39 is 11.5 Å². The quantitative estimate of drug-likeness (QED) is 0.828. The predicted octanol–water partition coefficient (Wildman–Crippen LogP) is 0.638.